The first kappa shape index (κ1) is 21.1. The van der Waals surface area contributed by atoms with Crippen LogP contribution in [0.15, 0.2) is 53.4 Å². The number of hydrogen-bond acceptors (Lipinski definition) is 3. The van der Waals surface area contributed by atoms with Crippen LogP contribution in [0.3, 0.4) is 0 Å². The van der Waals surface area contributed by atoms with Gasteiger partial charge < -0.3 is 4.74 Å². The second kappa shape index (κ2) is 8.41. The molecule has 0 spiro atoms. The van der Waals surface area contributed by atoms with Crippen molar-refractivity contribution in [3.63, 3.8) is 0 Å². The Balaban J connectivity index is 1.66. The van der Waals surface area contributed by atoms with Gasteiger partial charge in [0.25, 0.3) is 0 Å². The lowest BCUT2D eigenvalue weighted by atomic mass is 10.1. The number of hydrogen-bond donors (Lipinski definition) is 0. The van der Waals surface area contributed by atoms with Crippen molar-refractivity contribution in [2.45, 2.75) is 36.6 Å². The summed E-state index contributed by atoms with van der Waals surface area (Å²) in [6.45, 7) is 0.750. The van der Waals surface area contributed by atoms with Crippen molar-refractivity contribution in [3.05, 3.63) is 64.7 Å². The standard InChI is InChI=1S/C19H19ClF3NO3S/c20-17-7-6-15(19(21,22)23)12-18(17)28(25,26)24-10-8-16(9-11-24)27-13-14-4-2-1-3-5-14/h1-7,12,16H,8-11,13H2. The zero-order valence-corrected chi connectivity index (χ0v) is 16.4. The minimum atomic E-state index is -4.65. The Labute approximate surface area is 166 Å². The van der Waals surface area contributed by atoms with E-state index in [1.807, 2.05) is 30.3 Å². The molecule has 2 aromatic carbocycles. The molecule has 0 N–H and O–H groups in total. The summed E-state index contributed by atoms with van der Waals surface area (Å²) in [5.74, 6) is 0. The molecule has 28 heavy (non-hydrogen) atoms. The second-order valence-electron chi connectivity index (χ2n) is 6.54. The summed E-state index contributed by atoms with van der Waals surface area (Å²) in [5.41, 5.74) is -0.0233. The number of alkyl halides is 3. The minimum Gasteiger partial charge on any atom is -0.373 e. The summed E-state index contributed by atoms with van der Waals surface area (Å²) in [6, 6.07) is 11.9. The highest BCUT2D eigenvalue weighted by Gasteiger charge is 2.35. The molecule has 2 aromatic rings. The van der Waals surface area contributed by atoms with Crippen LogP contribution in [-0.2, 0) is 27.5 Å². The third-order valence-corrected chi connectivity index (χ3v) is 6.99. The number of nitrogens with zero attached hydrogens (tertiary/aromatic N) is 1. The van der Waals surface area contributed by atoms with Gasteiger partial charge in [-0.1, -0.05) is 41.9 Å². The Bertz CT molecular complexity index is 912. The van der Waals surface area contributed by atoms with Crippen molar-refractivity contribution >= 4 is 21.6 Å². The Morgan fingerprint density at radius 2 is 1.71 bits per heavy atom. The average Bonchev–Trinajstić information content (AvgIpc) is 2.67. The van der Waals surface area contributed by atoms with Crippen LogP contribution in [0.25, 0.3) is 0 Å². The largest absolute Gasteiger partial charge is 0.416 e. The fourth-order valence-corrected chi connectivity index (χ4v) is 5.01. The van der Waals surface area contributed by atoms with E-state index in [0.717, 1.165) is 22.0 Å². The molecule has 4 nitrogen and oxygen atoms in total. The molecule has 9 heteroatoms. The smallest absolute Gasteiger partial charge is 0.373 e. The minimum absolute atomic E-state index is 0.108. The Morgan fingerprint density at radius 1 is 1.07 bits per heavy atom. The Kier molecular flexibility index (Phi) is 6.34. The summed E-state index contributed by atoms with van der Waals surface area (Å²) in [7, 11) is -4.12. The van der Waals surface area contributed by atoms with Crippen LogP contribution in [0.4, 0.5) is 13.2 Å². The zero-order valence-electron chi connectivity index (χ0n) is 14.8. The van der Waals surface area contributed by atoms with E-state index in [1.54, 1.807) is 0 Å². The molecule has 0 aromatic heterocycles. The number of halogens is 4. The number of benzene rings is 2. The van der Waals surface area contributed by atoms with Crippen molar-refractivity contribution in [1.29, 1.82) is 0 Å². The first-order valence-electron chi connectivity index (χ1n) is 8.70. The molecule has 1 aliphatic heterocycles. The van der Waals surface area contributed by atoms with Gasteiger partial charge >= 0.3 is 6.18 Å². The summed E-state index contributed by atoms with van der Waals surface area (Å²) >= 11 is 5.90. The SMILES string of the molecule is O=S(=O)(c1cc(C(F)(F)F)ccc1Cl)N1CCC(OCc2ccccc2)CC1. The Morgan fingerprint density at radius 3 is 2.32 bits per heavy atom. The number of ether oxygens (including phenoxy) is 1. The molecule has 0 amide bonds. The van der Waals surface area contributed by atoms with E-state index < -0.39 is 26.7 Å². The van der Waals surface area contributed by atoms with E-state index >= 15 is 0 Å². The van der Waals surface area contributed by atoms with Crippen LogP contribution in [0.2, 0.25) is 5.02 Å². The summed E-state index contributed by atoms with van der Waals surface area (Å²) < 4.78 is 71.4. The lowest BCUT2D eigenvalue weighted by molar-refractivity contribution is -0.137. The summed E-state index contributed by atoms with van der Waals surface area (Å²) in [4.78, 5) is -0.521. The van der Waals surface area contributed by atoms with E-state index in [9.17, 15) is 21.6 Å². The van der Waals surface area contributed by atoms with Crippen molar-refractivity contribution in [2.24, 2.45) is 0 Å². The molecule has 1 heterocycles. The quantitative estimate of drug-likeness (QED) is 0.685. The predicted octanol–water partition coefficient (Wildman–Crippen LogP) is 4.73. The van der Waals surface area contributed by atoms with Gasteiger partial charge in [0.05, 0.1) is 23.3 Å². The van der Waals surface area contributed by atoms with Gasteiger partial charge in [0.1, 0.15) is 4.90 Å². The van der Waals surface area contributed by atoms with E-state index in [2.05, 4.69) is 0 Å². The van der Waals surface area contributed by atoms with Crippen molar-refractivity contribution in [3.8, 4) is 0 Å². The Hall–Kier alpha value is -1.61. The maximum Gasteiger partial charge on any atom is 0.416 e. The maximum atomic E-state index is 12.9. The highest BCUT2D eigenvalue weighted by atomic mass is 35.5. The maximum absolute atomic E-state index is 12.9. The molecule has 1 aliphatic rings. The average molecular weight is 434 g/mol. The second-order valence-corrected chi connectivity index (χ2v) is 8.86. The van der Waals surface area contributed by atoms with E-state index in [4.69, 9.17) is 16.3 Å². The van der Waals surface area contributed by atoms with Gasteiger partial charge in [-0.25, -0.2) is 8.42 Å². The monoisotopic (exact) mass is 433 g/mol. The topological polar surface area (TPSA) is 46.6 Å². The molecule has 0 radical (unpaired) electrons. The molecular weight excluding hydrogens is 415 g/mol. The molecule has 0 atom stereocenters. The molecule has 152 valence electrons. The van der Waals surface area contributed by atoms with E-state index in [0.29, 0.717) is 25.5 Å². The number of sulfonamides is 1. The molecule has 0 saturated carbocycles. The molecule has 3 rings (SSSR count). The van der Waals surface area contributed by atoms with Gasteiger partial charge in [-0.05, 0) is 36.6 Å². The van der Waals surface area contributed by atoms with Crippen molar-refractivity contribution in [2.75, 3.05) is 13.1 Å². The van der Waals surface area contributed by atoms with E-state index in [-0.39, 0.29) is 24.2 Å². The van der Waals surface area contributed by atoms with Gasteiger partial charge in [-0.3, -0.25) is 0 Å². The van der Waals surface area contributed by atoms with Crippen molar-refractivity contribution < 1.29 is 26.3 Å². The first-order valence-corrected chi connectivity index (χ1v) is 10.5. The normalized spacial score (nSPS) is 17.0. The molecule has 0 unspecified atom stereocenters. The summed E-state index contributed by atoms with van der Waals surface area (Å²) in [6.07, 6.45) is -3.83. The van der Waals surface area contributed by atoms with Crippen LogP contribution < -0.4 is 0 Å². The molecular formula is C19H19ClF3NO3S. The first-order chi connectivity index (χ1) is 13.2. The predicted molar refractivity (Wildman–Crippen MR) is 99.5 cm³/mol. The van der Waals surface area contributed by atoms with Gasteiger partial charge in [0, 0.05) is 13.1 Å². The van der Waals surface area contributed by atoms with Crippen LogP contribution in [0, 0.1) is 0 Å². The van der Waals surface area contributed by atoms with Crippen molar-refractivity contribution in [1.82, 2.24) is 4.31 Å². The van der Waals surface area contributed by atoms with Crippen LogP contribution >= 0.6 is 11.6 Å². The van der Waals surface area contributed by atoms with Gasteiger partial charge in [0.2, 0.25) is 10.0 Å². The van der Waals surface area contributed by atoms with Gasteiger partial charge in [-0.15, -0.1) is 0 Å². The molecule has 0 aliphatic carbocycles. The number of piperidine rings is 1. The lowest BCUT2D eigenvalue weighted by Crippen LogP contribution is -2.41. The van der Waals surface area contributed by atoms with Gasteiger partial charge in [-0.2, -0.15) is 17.5 Å². The van der Waals surface area contributed by atoms with Crippen LogP contribution in [0.5, 0.6) is 0 Å². The van der Waals surface area contributed by atoms with Crippen LogP contribution in [0.1, 0.15) is 24.0 Å². The fourth-order valence-electron chi connectivity index (χ4n) is 3.04. The third kappa shape index (κ3) is 4.86. The van der Waals surface area contributed by atoms with Gasteiger partial charge in [0.15, 0.2) is 0 Å². The fraction of sp³-hybridized carbons (Fsp3) is 0.368. The number of rotatable bonds is 5. The zero-order chi connectivity index (χ0) is 20.4. The highest BCUT2D eigenvalue weighted by molar-refractivity contribution is 7.89. The van der Waals surface area contributed by atoms with E-state index in [1.165, 1.54) is 0 Å². The lowest BCUT2D eigenvalue weighted by Gasteiger charge is -2.31. The summed E-state index contributed by atoms with van der Waals surface area (Å²) in [5, 5.41) is -0.226. The van der Waals surface area contributed by atoms with Crippen LogP contribution in [-0.4, -0.2) is 31.9 Å². The highest BCUT2D eigenvalue weighted by Crippen LogP contribution is 2.35. The third-order valence-electron chi connectivity index (χ3n) is 4.61. The molecule has 1 saturated heterocycles. The molecule has 0 bridgehead atoms. The molecule has 1 fully saturated rings.